The second kappa shape index (κ2) is 29.3. The molecule has 5 saturated heterocycles. The van der Waals surface area contributed by atoms with E-state index in [-0.39, 0.29) is 16.0 Å². The number of nitrogens with two attached hydrogens (primary N) is 1. The minimum absolute atomic E-state index is 0.0794. The molecule has 0 saturated carbocycles. The van der Waals surface area contributed by atoms with E-state index in [1.54, 1.807) is 0 Å². The van der Waals surface area contributed by atoms with Gasteiger partial charge in [0.05, 0.1) is 45.3 Å². The van der Waals surface area contributed by atoms with Gasteiger partial charge in [0.2, 0.25) is 0 Å². The summed E-state index contributed by atoms with van der Waals surface area (Å²) in [7, 11) is 4.29. The summed E-state index contributed by atoms with van der Waals surface area (Å²) in [4.78, 5) is 55.4. The Hall–Kier alpha value is -5.10. The van der Waals surface area contributed by atoms with Gasteiger partial charge in [0.15, 0.2) is 56.2 Å². The maximum atomic E-state index is 6.42. The van der Waals surface area contributed by atoms with Crippen LogP contribution in [0.2, 0.25) is 10.3 Å². The number of anilines is 3. The Kier molecular flexibility index (Phi) is 22.1. The molecular weight excluding hydrogens is 1090 g/mol. The Morgan fingerprint density at radius 1 is 0.482 bits per heavy atom. The highest BCUT2D eigenvalue weighted by molar-refractivity contribution is 6.35. The van der Waals surface area contributed by atoms with Crippen LogP contribution in [-0.2, 0) is 31.5 Å². The normalized spacial score (nSPS) is 18.4. The maximum Gasteiger partial charge on any atom is 0.186 e. The number of hydrogen-bond donors (Lipinski definition) is 2. The van der Waals surface area contributed by atoms with E-state index in [0.717, 1.165) is 211 Å². The van der Waals surface area contributed by atoms with Crippen LogP contribution in [0.5, 0.6) is 0 Å². The highest BCUT2D eigenvalue weighted by atomic mass is 35.5. The zero-order chi connectivity index (χ0) is 58.5. The lowest BCUT2D eigenvalue weighted by Crippen LogP contribution is -2.45. The molecule has 4 aromatic heterocycles. The summed E-state index contributed by atoms with van der Waals surface area (Å²) >= 11 is 12.8. The SMILES string of the molecule is CN1CCN(c2nc3nc(-c4ccc(C(C)(C)C)cc4)nc(Cl)c3nc2Cl)CC1.CN1CCN(c2nc3nc(-c4ccc(C(C)(C)C)cc4)nc(NCCN4CCOCC4)c3nc2CCCN2CCOCC2)CC1.NCCN1CCOCC1. The van der Waals surface area contributed by atoms with Crippen LogP contribution >= 0.6 is 23.2 Å². The second-order valence-corrected chi connectivity index (χ2v) is 25.0. The van der Waals surface area contributed by atoms with E-state index in [2.05, 4.69) is 147 Å². The van der Waals surface area contributed by atoms with E-state index in [1.165, 1.54) is 11.1 Å². The minimum Gasteiger partial charge on any atom is -0.379 e. The molecule has 9 heterocycles. The highest BCUT2D eigenvalue weighted by Crippen LogP contribution is 2.33. The Bertz CT molecular complexity index is 3000. The van der Waals surface area contributed by atoms with Gasteiger partial charge in [0.25, 0.3) is 0 Å². The number of aromatic nitrogens is 8. The molecule has 20 nitrogen and oxygen atoms in total. The molecule has 11 rings (SSSR count). The zero-order valence-electron chi connectivity index (χ0n) is 50.5. The first-order valence-corrected chi connectivity index (χ1v) is 30.7. The highest BCUT2D eigenvalue weighted by Gasteiger charge is 2.26. The average Bonchev–Trinajstić information content (AvgIpc) is 3.53. The van der Waals surface area contributed by atoms with Gasteiger partial charge in [-0.2, -0.15) is 0 Å². The van der Waals surface area contributed by atoms with Crippen LogP contribution in [0.3, 0.4) is 0 Å². The number of morpholine rings is 3. The lowest BCUT2D eigenvalue weighted by Gasteiger charge is -2.34. The van der Waals surface area contributed by atoms with Crippen LogP contribution in [0.4, 0.5) is 17.5 Å². The summed E-state index contributed by atoms with van der Waals surface area (Å²) < 4.78 is 16.3. The summed E-state index contributed by atoms with van der Waals surface area (Å²) in [5.74, 6) is 3.59. The smallest absolute Gasteiger partial charge is 0.186 e. The Morgan fingerprint density at radius 3 is 1.42 bits per heavy atom. The van der Waals surface area contributed by atoms with Gasteiger partial charge in [-0.05, 0) is 55.4 Å². The molecular formula is C61H89Cl2N17O3. The van der Waals surface area contributed by atoms with Gasteiger partial charge in [-0.3, -0.25) is 14.7 Å². The van der Waals surface area contributed by atoms with Crippen LogP contribution in [-0.4, -0.2) is 242 Å². The number of nitrogens with zero attached hydrogens (tertiary/aromatic N) is 15. The number of ether oxygens (including phenoxy) is 3. The number of piperazine rings is 2. The molecule has 5 aliphatic rings. The quantitative estimate of drug-likeness (QED) is 0.107. The Morgan fingerprint density at radius 2 is 0.928 bits per heavy atom. The van der Waals surface area contributed by atoms with Crippen LogP contribution in [0.25, 0.3) is 45.1 Å². The molecule has 3 N–H and O–H groups in total. The molecule has 450 valence electrons. The van der Waals surface area contributed by atoms with Gasteiger partial charge >= 0.3 is 0 Å². The van der Waals surface area contributed by atoms with Gasteiger partial charge < -0.3 is 44.9 Å². The number of likely N-dealkylation sites (N-methyl/N-ethyl adjacent to an activating group) is 2. The summed E-state index contributed by atoms with van der Waals surface area (Å²) in [5, 5.41) is 4.22. The first kappa shape index (κ1) is 62.4. The topological polar surface area (TPSA) is 192 Å². The molecule has 0 bridgehead atoms. The predicted octanol–water partition coefficient (Wildman–Crippen LogP) is 6.87. The predicted molar refractivity (Wildman–Crippen MR) is 336 cm³/mol. The van der Waals surface area contributed by atoms with Crippen LogP contribution < -0.4 is 20.9 Å². The van der Waals surface area contributed by atoms with Crippen molar-refractivity contribution in [2.75, 3.05) is 193 Å². The first-order chi connectivity index (χ1) is 40.0. The third-order valence-electron chi connectivity index (χ3n) is 16.0. The molecule has 0 amide bonds. The van der Waals surface area contributed by atoms with Gasteiger partial charge in [-0.25, -0.2) is 39.9 Å². The van der Waals surface area contributed by atoms with E-state index < -0.39 is 0 Å². The minimum atomic E-state index is 0.0794. The molecule has 0 unspecified atom stereocenters. The van der Waals surface area contributed by atoms with Gasteiger partial charge in [-0.1, -0.05) is 113 Å². The van der Waals surface area contributed by atoms with E-state index in [4.69, 9.17) is 68.1 Å². The largest absolute Gasteiger partial charge is 0.379 e. The molecule has 0 atom stereocenters. The van der Waals surface area contributed by atoms with Crippen molar-refractivity contribution in [2.24, 2.45) is 5.73 Å². The molecule has 0 spiro atoms. The molecule has 83 heavy (non-hydrogen) atoms. The lowest BCUT2D eigenvalue weighted by atomic mass is 9.86. The van der Waals surface area contributed by atoms with Crippen LogP contribution in [0.15, 0.2) is 48.5 Å². The summed E-state index contributed by atoms with van der Waals surface area (Å²) in [5.41, 5.74) is 13.3. The van der Waals surface area contributed by atoms with Crippen molar-refractivity contribution in [1.82, 2.24) is 64.4 Å². The average molecular weight is 1180 g/mol. The summed E-state index contributed by atoms with van der Waals surface area (Å²) in [6.07, 6.45) is 1.89. The molecule has 0 radical (unpaired) electrons. The van der Waals surface area contributed by atoms with Gasteiger partial charge in [0, 0.05) is 129 Å². The maximum absolute atomic E-state index is 6.42. The molecule has 5 aliphatic heterocycles. The molecule has 5 fully saturated rings. The first-order valence-electron chi connectivity index (χ1n) is 29.9. The van der Waals surface area contributed by atoms with Crippen molar-refractivity contribution in [3.05, 3.63) is 75.7 Å². The zero-order valence-corrected chi connectivity index (χ0v) is 52.0. The summed E-state index contributed by atoms with van der Waals surface area (Å²) in [6.45, 7) is 36.2. The molecule has 0 aliphatic carbocycles. The van der Waals surface area contributed by atoms with Crippen LogP contribution in [0.1, 0.15) is 64.8 Å². The third kappa shape index (κ3) is 17.3. The fraction of sp³-hybridized carbons (Fsp3) is 0.607. The summed E-state index contributed by atoms with van der Waals surface area (Å²) in [6, 6.07) is 16.9. The van der Waals surface area contributed by atoms with Crippen LogP contribution in [0, 0.1) is 0 Å². The molecule has 22 heteroatoms. The van der Waals surface area contributed by atoms with Gasteiger partial charge in [0.1, 0.15) is 5.52 Å². The standard InChI is InChI=1S/C34H51N9O2.C21H24Cl2N6.C6H14N2O/c1-34(2,3)27-9-7-26(8-10-27)30-37-31(35-11-13-42-20-24-45-25-21-42)29-32(38-30)39-33(43-16-14-40(4)15-17-43)28(36-29)6-5-12-41-18-22-44-23-19-41;1-21(2,3)14-7-5-13(6-8-14)18-25-16(22)15-19(26-18)27-20(17(23)24-15)29-11-9-28(4)10-12-29;7-1-2-8-3-5-9-6-4-8/h7-10H,5-6,11-25H2,1-4H3,(H,35,37,38,39);5-8H,9-12H2,1-4H3;1-7H2. The lowest BCUT2D eigenvalue weighted by molar-refractivity contribution is 0.0374. The van der Waals surface area contributed by atoms with Gasteiger partial charge in [-0.15, -0.1) is 0 Å². The van der Waals surface area contributed by atoms with Crippen molar-refractivity contribution >= 4 is 63.0 Å². The Labute approximate surface area is 501 Å². The van der Waals surface area contributed by atoms with E-state index >= 15 is 0 Å². The number of nitrogens with one attached hydrogen (secondary N) is 1. The van der Waals surface area contributed by atoms with Crippen molar-refractivity contribution in [1.29, 1.82) is 0 Å². The fourth-order valence-electron chi connectivity index (χ4n) is 10.6. The molecule has 6 aromatic rings. The van der Waals surface area contributed by atoms with Crippen molar-refractivity contribution in [2.45, 2.75) is 65.2 Å². The molecule has 2 aromatic carbocycles. The van der Waals surface area contributed by atoms with E-state index in [9.17, 15) is 0 Å². The Balaban J connectivity index is 0.000000185. The van der Waals surface area contributed by atoms with E-state index in [0.29, 0.717) is 39.4 Å². The van der Waals surface area contributed by atoms with E-state index in [1.807, 2.05) is 12.1 Å². The fourth-order valence-corrected chi connectivity index (χ4v) is 11.1. The van der Waals surface area contributed by atoms with Crippen molar-refractivity contribution in [3.63, 3.8) is 0 Å². The number of rotatable bonds is 14. The van der Waals surface area contributed by atoms with Crippen molar-refractivity contribution < 1.29 is 14.2 Å². The van der Waals surface area contributed by atoms with Crippen molar-refractivity contribution in [3.8, 4) is 22.8 Å². The number of halogens is 2. The number of hydrogen-bond acceptors (Lipinski definition) is 20. The number of aryl methyl sites for hydroxylation is 1. The monoisotopic (exact) mass is 1180 g/mol. The number of fused-ring (bicyclic) bond motifs is 2. The second-order valence-electron chi connectivity index (χ2n) is 24.3. The third-order valence-corrected chi connectivity index (χ3v) is 16.5. The number of benzene rings is 2.